The molecule has 2 unspecified atom stereocenters. The zero-order valence-corrected chi connectivity index (χ0v) is 12.6. The lowest BCUT2D eigenvalue weighted by Crippen LogP contribution is -2.52. The highest BCUT2D eigenvalue weighted by Gasteiger charge is 2.34. The fourth-order valence-corrected chi connectivity index (χ4v) is 3.17. The standard InChI is InChI=1S/C17H28N2/c1-17(2)11-9-15(18)16(13-17)19(3)12-10-14-7-5-4-6-8-14/h4-8,15-16H,9-13,18H2,1-3H3. The van der Waals surface area contributed by atoms with Gasteiger partial charge in [-0.1, -0.05) is 44.2 Å². The quantitative estimate of drug-likeness (QED) is 0.901. The molecule has 2 nitrogen and oxygen atoms in total. The van der Waals surface area contributed by atoms with Crippen molar-refractivity contribution in [3.05, 3.63) is 35.9 Å². The second-order valence-corrected chi connectivity index (χ2v) is 6.85. The summed E-state index contributed by atoms with van der Waals surface area (Å²) in [6, 6.07) is 11.6. The number of likely N-dealkylation sites (N-methyl/N-ethyl adjacent to an activating group) is 1. The highest BCUT2D eigenvalue weighted by molar-refractivity contribution is 5.14. The van der Waals surface area contributed by atoms with Crippen molar-refractivity contribution in [2.75, 3.05) is 13.6 Å². The minimum atomic E-state index is 0.341. The third-order valence-corrected chi connectivity index (χ3v) is 4.57. The average molecular weight is 260 g/mol. The lowest BCUT2D eigenvalue weighted by atomic mass is 9.72. The number of nitrogens with zero attached hydrogens (tertiary/aromatic N) is 1. The van der Waals surface area contributed by atoms with Crippen molar-refractivity contribution in [2.45, 2.75) is 51.6 Å². The molecule has 1 aromatic carbocycles. The van der Waals surface area contributed by atoms with Crippen molar-refractivity contribution in [3.8, 4) is 0 Å². The third kappa shape index (κ3) is 4.05. The fourth-order valence-electron chi connectivity index (χ4n) is 3.17. The molecule has 0 bridgehead atoms. The normalized spacial score (nSPS) is 26.6. The molecular weight excluding hydrogens is 232 g/mol. The van der Waals surface area contributed by atoms with Crippen LogP contribution in [-0.2, 0) is 6.42 Å². The molecule has 1 fully saturated rings. The topological polar surface area (TPSA) is 29.3 Å². The Kier molecular flexibility index (Phi) is 4.64. The average Bonchev–Trinajstić information content (AvgIpc) is 2.40. The van der Waals surface area contributed by atoms with E-state index in [1.54, 1.807) is 0 Å². The van der Waals surface area contributed by atoms with Crippen molar-refractivity contribution in [2.24, 2.45) is 11.1 Å². The Hall–Kier alpha value is -0.860. The second-order valence-electron chi connectivity index (χ2n) is 6.85. The first-order valence-corrected chi connectivity index (χ1v) is 7.48. The summed E-state index contributed by atoms with van der Waals surface area (Å²) in [5.74, 6) is 0. The molecule has 0 aliphatic heterocycles. The number of benzene rings is 1. The Labute approximate surface area is 118 Å². The van der Waals surface area contributed by atoms with Gasteiger partial charge in [0.25, 0.3) is 0 Å². The Bertz CT molecular complexity index is 386. The van der Waals surface area contributed by atoms with Crippen LogP contribution in [0.4, 0.5) is 0 Å². The molecule has 2 heteroatoms. The van der Waals surface area contributed by atoms with Gasteiger partial charge in [-0.2, -0.15) is 0 Å². The lowest BCUT2D eigenvalue weighted by molar-refractivity contribution is 0.0971. The van der Waals surface area contributed by atoms with Crippen molar-refractivity contribution in [1.82, 2.24) is 4.90 Å². The minimum absolute atomic E-state index is 0.341. The van der Waals surface area contributed by atoms with Crippen LogP contribution in [0.25, 0.3) is 0 Å². The molecule has 0 saturated heterocycles. The van der Waals surface area contributed by atoms with Crippen LogP contribution in [0.1, 0.15) is 38.7 Å². The van der Waals surface area contributed by atoms with Crippen molar-refractivity contribution >= 4 is 0 Å². The molecule has 0 aromatic heterocycles. The van der Waals surface area contributed by atoms with Gasteiger partial charge in [0.2, 0.25) is 0 Å². The van der Waals surface area contributed by atoms with E-state index in [0.29, 0.717) is 17.5 Å². The summed E-state index contributed by atoms with van der Waals surface area (Å²) < 4.78 is 0. The summed E-state index contributed by atoms with van der Waals surface area (Å²) in [6.07, 6.45) is 4.75. The Morgan fingerprint density at radius 2 is 1.95 bits per heavy atom. The molecule has 0 heterocycles. The molecule has 19 heavy (non-hydrogen) atoms. The van der Waals surface area contributed by atoms with Crippen LogP contribution < -0.4 is 5.73 Å². The summed E-state index contributed by atoms with van der Waals surface area (Å²) in [6.45, 7) is 5.84. The molecule has 1 saturated carbocycles. The lowest BCUT2D eigenvalue weighted by Gasteiger charge is -2.43. The van der Waals surface area contributed by atoms with E-state index < -0.39 is 0 Å². The van der Waals surface area contributed by atoms with Gasteiger partial charge in [0.15, 0.2) is 0 Å². The first-order chi connectivity index (χ1) is 8.98. The van der Waals surface area contributed by atoms with Gasteiger partial charge in [0, 0.05) is 18.6 Å². The predicted molar refractivity (Wildman–Crippen MR) is 82.2 cm³/mol. The highest BCUT2D eigenvalue weighted by atomic mass is 15.1. The summed E-state index contributed by atoms with van der Waals surface area (Å²) in [5.41, 5.74) is 8.19. The fraction of sp³-hybridized carbons (Fsp3) is 0.647. The number of nitrogens with two attached hydrogens (primary N) is 1. The maximum atomic E-state index is 6.33. The van der Waals surface area contributed by atoms with Gasteiger partial charge in [-0.05, 0) is 43.7 Å². The molecule has 1 aromatic rings. The van der Waals surface area contributed by atoms with E-state index >= 15 is 0 Å². The monoisotopic (exact) mass is 260 g/mol. The summed E-state index contributed by atoms with van der Waals surface area (Å²) in [5, 5.41) is 0. The summed E-state index contributed by atoms with van der Waals surface area (Å²) in [4.78, 5) is 2.47. The Balaban J connectivity index is 1.90. The van der Waals surface area contributed by atoms with E-state index in [1.807, 2.05) is 0 Å². The number of hydrogen-bond donors (Lipinski definition) is 1. The molecule has 0 amide bonds. The molecule has 2 atom stereocenters. The number of rotatable bonds is 4. The van der Waals surface area contributed by atoms with Crippen LogP contribution in [0, 0.1) is 5.41 Å². The Morgan fingerprint density at radius 1 is 1.26 bits per heavy atom. The largest absolute Gasteiger partial charge is 0.326 e. The van der Waals surface area contributed by atoms with E-state index in [9.17, 15) is 0 Å². The van der Waals surface area contributed by atoms with Crippen LogP contribution in [0.15, 0.2) is 30.3 Å². The molecular formula is C17H28N2. The number of hydrogen-bond acceptors (Lipinski definition) is 2. The van der Waals surface area contributed by atoms with Gasteiger partial charge in [-0.3, -0.25) is 0 Å². The van der Waals surface area contributed by atoms with Gasteiger partial charge >= 0.3 is 0 Å². The maximum absolute atomic E-state index is 6.33. The Morgan fingerprint density at radius 3 is 2.63 bits per heavy atom. The van der Waals surface area contributed by atoms with Crippen molar-refractivity contribution < 1.29 is 0 Å². The van der Waals surface area contributed by atoms with Crippen molar-refractivity contribution in [1.29, 1.82) is 0 Å². The first-order valence-electron chi connectivity index (χ1n) is 7.48. The van der Waals surface area contributed by atoms with Crippen LogP contribution in [-0.4, -0.2) is 30.6 Å². The zero-order valence-electron chi connectivity index (χ0n) is 12.6. The van der Waals surface area contributed by atoms with Crippen LogP contribution in [0.3, 0.4) is 0 Å². The second kappa shape index (κ2) is 6.06. The predicted octanol–water partition coefficient (Wildman–Crippen LogP) is 3.07. The molecule has 1 aliphatic rings. The van der Waals surface area contributed by atoms with Crippen LogP contribution in [0.2, 0.25) is 0 Å². The van der Waals surface area contributed by atoms with Gasteiger partial charge in [-0.15, -0.1) is 0 Å². The van der Waals surface area contributed by atoms with Gasteiger partial charge in [0.1, 0.15) is 0 Å². The molecule has 106 valence electrons. The molecule has 1 aliphatic carbocycles. The van der Waals surface area contributed by atoms with Crippen molar-refractivity contribution in [3.63, 3.8) is 0 Å². The van der Waals surface area contributed by atoms with E-state index in [0.717, 1.165) is 19.4 Å². The van der Waals surface area contributed by atoms with Crippen LogP contribution >= 0.6 is 0 Å². The highest BCUT2D eigenvalue weighted by Crippen LogP contribution is 2.36. The zero-order chi connectivity index (χ0) is 13.9. The van der Waals surface area contributed by atoms with E-state index in [-0.39, 0.29) is 0 Å². The van der Waals surface area contributed by atoms with Gasteiger partial charge in [0.05, 0.1) is 0 Å². The molecule has 2 rings (SSSR count). The van der Waals surface area contributed by atoms with E-state index in [2.05, 4.69) is 56.1 Å². The maximum Gasteiger partial charge on any atom is 0.0249 e. The summed E-state index contributed by atoms with van der Waals surface area (Å²) >= 11 is 0. The SMILES string of the molecule is CN(CCc1ccccc1)C1CC(C)(C)CCC1N. The smallest absolute Gasteiger partial charge is 0.0249 e. The van der Waals surface area contributed by atoms with E-state index in [4.69, 9.17) is 5.73 Å². The molecule has 2 N–H and O–H groups in total. The minimum Gasteiger partial charge on any atom is -0.326 e. The van der Waals surface area contributed by atoms with Gasteiger partial charge in [-0.25, -0.2) is 0 Å². The third-order valence-electron chi connectivity index (χ3n) is 4.57. The molecule has 0 spiro atoms. The summed E-state index contributed by atoms with van der Waals surface area (Å²) in [7, 11) is 2.23. The van der Waals surface area contributed by atoms with E-state index in [1.165, 1.54) is 18.4 Å². The first kappa shape index (κ1) is 14.5. The van der Waals surface area contributed by atoms with Crippen LogP contribution in [0.5, 0.6) is 0 Å². The molecule has 0 radical (unpaired) electrons. The van der Waals surface area contributed by atoms with Gasteiger partial charge < -0.3 is 10.6 Å².